The lowest BCUT2D eigenvalue weighted by Crippen LogP contribution is -2.44. The SMILES string of the molecule is CC(C)(C)NC(=O)OCC(C)(C)S(=O)(=O)Cc1ccccc1/C=C/C(=O)O. The molecule has 0 unspecified atom stereocenters. The van der Waals surface area contributed by atoms with Crippen molar-refractivity contribution >= 4 is 28.0 Å². The summed E-state index contributed by atoms with van der Waals surface area (Å²) in [6.07, 6.45) is 1.62. The van der Waals surface area contributed by atoms with Gasteiger partial charge in [-0.25, -0.2) is 18.0 Å². The monoisotopic (exact) mass is 397 g/mol. The molecule has 0 saturated heterocycles. The van der Waals surface area contributed by atoms with Crippen LogP contribution >= 0.6 is 0 Å². The fourth-order valence-electron chi connectivity index (χ4n) is 2.06. The van der Waals surface area contributed by atoms with Gasteiger partial charge in [0.15, 0.2) is 9.84 Å². The molecule has 0 radical (unpaired) electrons. The molecule has 8 heteroatoms. The van der Waals surface area contributed by atoms with E-state index in [0.717, 1.165) is 6.08 Å². The zero-order chi connectivity index (χ0) is 20.9. The quantitative estimate of drug-likeness (QED) is 0.685. The molecule has 0 aliphatic heterocycles. The van der Waals surface area contributed by atoms with Gasteiger partial charge in [-0.2, -0.15) is 0 Å². The number of carbonyl (C=O) groups is 2. The maximum atomic E-state index is 12.9. The molecule has 7 nitrogen and oxygen atoms in total. The highest BCUT2D eigenvalue weighted by Crippen LogP contribution is 2.24. The van der Waals surface area contributed by atoms with Crippen LogP contribution in [0.1, 0.15) is 45.7 Å². The second-order valence-electron chi connectivity index (χ2n) is 7.84. The smallest absolute Gasteiger partial charge is 0.407 e. The van der Waals surface area contributed by atoms with E-state index in [2.05, 4.69) is 5.32 Å². The molecule has 0 spiro atoms. The summed E-state index contributed by atoms with van der Waals surface area (Å²) < 4.78 is 29.5. The number of carboxylic acids is 1. The van der Waals surface area contributed by atoms with E-state index < -0.39 is 32.2 Å². The van der Waals surface area contributed by atoms with Crippen molar-refractivity contribution in [3.8, 4) is 0 Å². The van der Waals surface area contributed by atoms with Crippen molar-refractivity contribution in [3.63, 3.8) is 0 Å². The van der Waals surface area contributed by atoms with E-state index in [-0.39, 0.29) is 12.4 Å². The van der Waals surface area contributed by atoms with Crippen LogP contribution in [0.15, 0.2) is 30.3 Å². The highest BCUT2D eigenvalue weighted by Gasteiger charge is 2.36. The highest BCUT2D eigenvalue weighted by atomic mass is 32.2. The number of carbonyl (C=O) groups excluding carboxylic acids is 1. The summed E-state index contributed by atoms with van der Waals surface area (Å²) in [5, 5.41) is 11.4. The molecule has 0 fully saturated rings. The zero-order valence-corrected chi connectivity index (χ0v) is 17.1. The molecule has 0 aliphatic rings. The standard InChI is InChI=1S/C19H27NO6S/c1-18(2,3)20-17(23)26-13-19(4,5)27(24,25)12-15-9-7-6-8-14(15)10-11-16(21)22/h6-11H,12-13H2,1-5H3,(H,20,23)(H,21,22)/b11-10+. The van der Waals surface area contributed by atoms with Gasteiger partial charge in [-0.3, -0.25) is 0 Å². The van der Waals surface area contributed by atoms with E-state index in [4.69, 9.17) is 9.84 Å². The molecule has 2 N–H and O–H groups in total. The maximum Gasteiger partial charge on any atom is 0.407 e. The molecule has 0 aliphatic carbocycles. The summed E-state index contributed by atoms with van der Waals surface area (Å²) in [6, 6.07) is 6.65. The Balaban J connectivity index is 2.93. The van der Waals surface area contributed by atoms with Crippen LogP contribution in [-0.2, 0) is 25.1 Å². The largest absolute Gasteiger partial charge is 0.478 e. The molecule has 1 aromatic carbocycles. The second kappa shape index (κ2) is 8.56. The van der Waals surface area contributed by atoms with Crippen LogP contribution < -0.4 is 5.32 Å². The highest BCUT2D eigenvalue weighted by molar-refractivity contribution is 7.92. The molecular weight excluding hydrogens is 370 g/mol. The molecule has 1 aromatic rings. The van der Waals surface area contributed by atoms with Crippen LogP contribution in [0.5, 0.6) is 0 Å². The molecular formula is C19H27NO6S. The van der Waals surface area contributed by atoms with E-state index in [1.165, 1.54) is 19.9 Å². The van der Waals surface area contributed by atoms with Crippen LogP contribution in [0.4, 0.5) is 4.79 Å². The number of hydrogen-bond acceptors (Lipinski definition) is 5. The number of rotatable bonds is 7. The number of nitrogens with one attached hydrogen (secondary N) is 1. The zero-order valence-electron chi connectivity index (χ0n) is 16.3. The molecule has 1 amide bonds. The van der Waals surface area contributed by atoms with Crippen LogP contribution in [0.2, 0.25) is 0 Å². The van der Waals surface area contributed by atoms with Gasteiger partial charge in [0.2, 0.25) is 0 Å². The van der Waals surface area contributed by atoms with Crippen LogP contribution in [0.25, 0.3) is 6.08 Å². The molecule has 0 bridgehead atoms. The number of carboxylic acid groups (broad SMARTS) is 1. The first-order chi connectivity index (χ1) is 12.2. The van der Waals surface area contributed by atoms with Gasteiger partial charge in [-0.1, -0.05) is 24.3 Å². The maximum absolute atomic E-state index is 12.9. The van der Waals surface area contributed by atoms with Crippen LogP contribution in [-0.4, -0.2) is 42.5 Å². The summed E-state index contributed by atoms with van der Waals surface area (Å²) in [6.45, 7) is 8.04. The first-order valence-corrected chi connectivity index (χ1v) is 10.0. The lowest BCUT2D eigenvalue weighted by Gasteiger charge is -2.26. The Hall–Kier alpha value is -2.35. The third-order valence-electron chi connectivity index (χ3n) is 3.68. The molecule has 1 rings (SSSR count). The summed E-state index contributed by atoms with van der Waals surface area (Å²) in [5.74, 6) is -1.42. The third kappa shape index (κ3) is 7.42. The normalized spacial score (nSPS) is 12.8. The van der Waals surface area contributed by atoms with E-state index in [1.54, 1.807) is 45.0 Å². The predicted octanol–water partition coefficient (Wildman–Crippen LogP) is 3.00. The van der Waals surface area contributed by atoms with Gasteiger partial charge >= 0.3 is 12.1 Å². The fourth-order valence-corrected chi connectivity index (χ4v) is 3.36. The minimum Gasteiger partial charge on any atom is -0.478 e. The number of sulfone groups is 1. The molecule has 27 heavy (non-hydrogen) atoms. The number of hydrogen-bond donors (Lipinski definition) is 2. The van der Waals surface area contributed by atoms with Crippen molar-refractivity contribution in [2.75, 3.05) is 6.61 Å². The van der Waals surface area contributed by atoms with Crippen molar-refractivity contribution in [1.82, 2.24) is 5.32 Å². The Bertz CT molecular complexity index is 819. The molecule has 0 heterocycles. The van der Waals surface area contributed by atoms with Gasteiger partial charge in [-0.15, -0.1) is 0 Å². The lowest BCUT2D eigenvalue weighted by atomic mass is 10.1. The number of alkyl carbamates (subject to hydrolysis) is 1. The summed E-state index contributed by atoms with van der Waals surface area (Å²) in [5.41, 5.74) is 0.489. The van der Waals surface area contributed by atoms with Crippen molar-refractivity contribution in [2.24, 2.45) is 0 Å². The third-order valence-corrected chi connectivity index (χ3v) is 6.17. The first kappa shape index (κ1) is 22.7. The number of aliphatic carboxylic acids is 1. The first-order valence-electron chi connectivity index (χ1n) is 8.40. The van der Waals surface area contributed by atoms with E-state index in [1.807, 2.05) is 0 Å². The Morgan fingerprint density at radius 1 is 1.15 bits per heavy atom. The summed E-state index contributed by atoms with van der Waals surface area (Å²) in [7, 11) is -3.70. The van der Waals surface area contributed by atoms with Crippen molar-refractivity contribution in [1.29, 1.82) is 0 Å². The van der Waals surface area contributed by atoms with Gasteiger partial charge in [-0.05, 0) is 51.8 Å². The average Bonchev–Trinajstić information content (AvgIpc) is 2.50. The average molecular weight is 397 g/mol. The molecule has 150 valence electrons. The van der Waals surface area contributed by atoms with Gasteiger partial charge < -0.3 is 15.2 Å². The Morgan fingerprint density at radius 2 is 1.74 bits per heavy atom. The van der Waals surface area contributed by atoms with Crippen LogP contribution in [0, 0.1) is 0 Å². The summed E-state index contributed by atoms with van der Waals surface area (Å²) in [4.78, 5) is 22.5. The van der Waals surface area contributed by atoms with Gasteiger partial charge in [0, 0.05) is 11.6 Å². The van der Waals surface area contributed by atoms with Crippen molar-refractivity contribution in [2.45, 2.75) is 50.7 Å². The van der Waals surface area contributed by atoms with Gasteiger partial charge in [0.25, 0.3) is 0 Å². The Kier molecular flexibility index (Phi) is 7.19. The predicted molar refractivity (Wildman–Crippen MR) is 104 cm³/mol. The molecule has 0 atom stereocenters. The minimum atomic E-state index is -3.70. The number of ether oxygens (including phenoxy) is 1. The Labute approximate surface area is 160 Å². The van der Waals surface area contributed by atoms with E-state index in [0.29, 0.717) is 11.1 Å². The second-order valence-corrected chi connectivity index (χ2v) is 10.5. The molecule has 0 saturated carbocycles. The van der Waals surface area contributed by atoms with Gasteiger partial charge in [0.05, 0.1) is 5.75 Å². The van der Waals surface area contributed by atoms with Crippen molar-refractivity contribution in [3.05, 3.63) is 41.5 Å². The summed E-state index contributed by atoms with van der Waals surface area (Å²) >= 11 is 0. The molecule has 0 aromatic heterocycles. The number of benzene rings is 1. The van der Waals surface area contributed by atoms with E-state index >= 15 is 0 Å². The Morgan fingerprint density at radius 3 is 2.30 bits per heavy atom. The fraction of sp³-hybridized carbons (Fsp3) is 0.474. The van der Waals surface area contributed by atoms with Gasteiger partial charge in [0.1, 0.15) is 11.4 Å². The van der Waals surface area contributed by atoms with Crippen LogP contribution in [0.3, 0.4) is 0 Å². The topological polar surface area (TPSA) is 110 Å². The van der Waals surface area contributed by atoms with Crippen molar-refractivity contribution < 1.29 is 27.9 Å². The lowest BCUT2D eigenvalue weighted by molar-refractivity contribution is -0.131. The minimum absolute atomic E-state index is 0.301. The number of amides is 1. The van der Waals surface area contributed by atoms with E-state index in [9.17, 15) is 18.0 Å².